The predicted octanol–water partition coefficient (Wildman–Crippen LogP) is 6.03. The van der Waals surface area contributed by atoms with Crippen molar-refractivity contribution in [3.05, 3.63) is 78.5 Å². The van der Waals surface area contributed by atoms with E-state index in [0.29, 0.717) is 40.3 Å². The molecule has 0 aliphatic rings. The SMILES string of the molecule is CCC(=O)Nc1cncc(-c2ccc3[nH]nc(-c4cc5c(-c6cc(C)cc(F)c6)nccc5[nH]4)c3n2)c1. The maximum atomic E-state index is 14.1. The molecule has 0 spiro atoms. The lowest BCUT2D eigenvalue weighted by molar-refractivity contribution is -0.115. The molecule has 8 nitrogen and oxygen atoms in total. The number of nitrogens with zero attached hydrogens (tertiary/aromatic N) is 4. The van der Waals surface area contributed by atoms with Crippen molar-refractivity contribution in [2.24, 2.45) is 0 Å². The van der Waals surface area contributed by atoms with E-state index in [1.807, 2.05) is 43.3 Å². The van der Waals surface area contributed by atoms with Gasteiger partial charge in [-0.15, -0.1) is 0 Å². The molecule has 5 aromatic heterocycles. The number of pyridine rings is 3. The third-order valence-electron chi connectivity index (χ3n) is 6.17. The number of aryl methyl sites for hydroxylation is 1. The van der Waals surface area contributed by atoms with Crippen molar-refractivity contribution in [1.82, 2.24) is 30.1 Å². The van der Waals surface area contributed by atoms with Crippen molar-refractivity contribution in [3.63, 3.8) is 0 Å². The molecule has 0 aliphatic heterocycles. The Balaban J connectivity index is 1.43. The maximum absolute atomic E-state index is 14.1. The number of hydrogen-bond acceptors (Lipinski definition) is 5. The summed E-state index contributed by atoms with van der Waals surface area (Å²) in [5, 5.41) is 11.3. The van der Waals surface area contributed by atoms with E-state index in [9.17, 15) is 9.18 Å². The van der Waals surface area contributed by atoms with Crippen molar-refractivity contribution in [2.45, 2.75) is 20.3 Å². The lowest BCUT2D eigenvalue weighted by Gasteiger charge is -2.06. The molecule has 37 heavy (non-hydrogen) atoms. The topological polar surface area (TPSA) is 112 Å². The van der Waals surface area contributed by atoms with Gasteiger partial charge in [0.15, 0.2) is 0 Å². The summed E-state index contributed by atoms with van der Waals surface area (Å²) in [5.74, 6) is -0.382. The molecule has 0 saturated heterocycles. The summed E-state index contributed by atoms with van der Waals surface area (Å²) in [6, 6.07) is 14.4. The van der Waals surface area contributed by atoms with Crippen molar-refractivity contribution in [1.29, 1.82) is 0 Å². The molecule has 9 heteroatoms. The Kier molecular flexibility index (Phi) is 5.45. The molecular formula is C28H22FN7O. The molecule has 0 fully saturated rings. The number of benzene rings is 1. The van der Waals surface area contributed by atoms with Gasteiger partial charge in [-0.3, -0.25) is 19.9 Å². The number of hydrogen-bond donors (Lipinski definition) is 3. The summed E-state index contributed by atoms with van der Waals surface area (Å²) in [6.07, 6.45) is 5.40. The van der Waals surface area contributed by atoms with Crippen LogP contribution in [-0.2, 0) is 4.79 Å². The fourth-order valence-electron chi connectivity index (χ4n) is 4.43. The molecule has 0 radical (unpaired) electrons. The summed E-state index contributed by atoms with van der Waals surface area (Å²) in [6.45, 7) is 3.65. The van der Waals surface area contributed by atoms with Gasteiger partial charge in [0, 0.05) is 40.8 Å². The first-order valence-electron chi connectivity index (χ1n) is 11.8. The first kappa shape index (κ1) is 22.5. The Morgan fingerprint density at radius 3 is 2.73 bits per heavy atom. The van der Waals surface area contributed by atoms with E-state index in [2.05, 4.69) is 30.5 Å². The molecule has 0 unspecified atom stereocenters. The fraction of sp³-hybridized carbons (Fsp3) is 0.107. The number of aromatic amines is 2. The molecular weight excluding hydrogens is 469 g/mol. The van der Waals surface area contributed by atoms with Crippen LogP contribution in [0.1, 0.15) is 18.9 Å². The van der Waals surface area contributed by atoms with Crippen LogP contribution in [0.5, 0.6) is 0 Å². The molecule has 5 heterocycles. The molecule has 0 bridgehead atoms. The van der Waals surface area contributed by atoms with Crippen LogP contribution in [0.4, 0.5) is 10.1 Å². The van der Waals surface area contributed by atoms with Crippen molar-refractivity contribution < 1.29 is 9.18 Å². The Labute approximate surface area is 211 Å². The fourth-order valence-corrected chi connectivity index (χ4v) is 4.43. The Morgan fingerprint density at radius 2 is 1.89 bits per heavy atom. The lowest BCUT2D eigenvalue weighted by Crippen LogP contribution is -2.09. The van der Waals surface area contributed by atoms with E-state index in [0.717, 1.165) is 33.2 Å². The summed E-state index contributed by atoms with van der Waals surface area (Å²) >= 11 is 0. The molecule has 1 aromatic carbocycles. The highest BCUT2D eigenvalue weighted by atomic mass is 19.1. The average Bonchev–Trinajstić information content (AvgIpc) is 3.51. The third-order valence-corrected chi connectivity index (χ3v) is 6.17. The van der Waals surface area contributed by atoms with Crippen LogP contribution < -0.4 is 5.32 Å². The number of rotatable bonds is 5. The molecule has 0 saturated carbocycles. The first-order valence-corrected chi connectivity index (χ1v) is 11.8. The van der Waals surface area contributed by atoms with Crippen LogP contribution in [0.3, 0.4) is 0 Å². The van der Waals surface area contributed by atoms with Gasteiger partial charge < -0.3 is 10.3 Å². The van der Waals surface area contributed by atoms with Crippen LogP contribution in [0.15, 0.2) is 67.1 Å². The quantitative estimate of drug-likeness (QED) is 0.273. The minimum Gasteiger partial charge on any atom is -0.353 e. The summed E-state index contributed by atoms with van der Waals surface area (Å²) in [5.41, 5.74) is 8.04. The van der Waals surface area contributed by atoms with Crippen molar-refractivity contribution in [3.8, 4) is 33.9 Å². The molecule has 0 aliphatic carbocycles. The van der Waals surface area contributed by atoms with Gasteiger partial charge in [-0.25, -0.2) is 9.37 Å². The highest BCUT2D eigenvalue weighted by Crippen LogP contribution is 2.33. The second kappa shape index (κ2) is 8.94. The number of nitrogens with one attached hydrogen (secondary N) is 3. The van der Waals surface area contributed by atoms with Crippen LogP contribution in [0, 0.1) is 12.7 Å². The minimum absolute atomic E-state index is 0.0828. The van der Waals surface area contributed by atoms with Crippen molar-refractivity contribution >= 4 is 33.5 Å². The lowest BCUT2D eigenvalue weighted by atomic mass is 10.0. The van der Waals surface area contributed by atoms with Gasteiger partial charge in [-0.05, 0) is 61.0 Å². The monoisotopic (exact) mass is 491 g/mol. The number of fused-ring (bicyclic) bond motifs is 2. The molecule has 6 rings (SSSR count). The summed E-state index contributed by atoms with van der Waals surface area (Å²) in [7, 11) is 0. The zero-order chi connectivity index (χ0) is 25.5. The molecule has 182 valence electrons. The number of aromatic nitrogens is 6. The van der Waals surface area contributed by atoms with E-state index >= 15 is 0 Å². The number of anilines is 1. The first-order chi connectivity index (χ1) is 18.0. The second-order valence-electron chi connectivity index (χ2n) is 8.85. The van der Waals surface area contributed by atoms with E-state index in [1.165, 1.54) is 12.1 Å². The Hall–Kier alpha value is -4.92. The van der Waals surface area contributed by atoms with Gasteiger partial charge in [0.25, 0.3) is 0 Å². The van der Waals surface area contributed by atoms with Crippen LogP contribution in [-0.4, -0.2) is 36.0 Å². The van der Waals surface area contributed by atoms with E-state index < -0.39 is 0 Å². The Bertz CT molecular complexity index is 1780. The molecule has 6 aromatic rings. The van der Waals surface area contributed by atoms with Gasteiger partial charge in [0.05, 0.1) is 34.5 Å². The van der Waals surface area contributed by atoms with Crippen LogP contribution >= 0.6 is 0 Å². The highest BCUT2D eigenvalue weighted by Gasteiger charge is 2.16. The van der Waals surface area contributed by atoms with Gasteiger partial charge in [-0.2, -0.15) is 5.10 Å². The van der Waals surface area contributed by atoms with Gasteiger partial charge in [0.1, 0.15) is 17.0 Å². The van der Waals surface area contributed by atoms with Crippen LogP contribution in [0.25, 0.3) is 55.8 Å². The van der Waals surface area contributed by atoms with Gasteiger partial charge in [-0.1, -0.05) is 6.92 Å². The molecule has 0 atom stereocenters. The zero-order valence-corrected chi connectivity index (χ0v) is 20.1. The molecule has 3 N–H and O–H groups in total. The van der Waals surface area contributed by atoms with E-state index in [-0.39, 0.29) is 11.7 Å². The zero-order valence-electron chi connectivity index (χ0n) is 20.1. The standard InChI is InChI=1S/C28H22FN7O/c1-3-25(37)32-19-11-17(13-30-14-19)21-4-5-23-27(34-21)28(36-35-23)24-12-20-22(33-24)6-7-31-26(20)16-8-15(2)9-18(29)10-16/h4-14,33H,3H2,1-2H3,(H,32,37)(H,35,36). The van der Waals surface area contributed by atoms with Gasteiger partial charge >= 0.3 is 0 Å². The smallest absolute Gasteiger partial charge is 0.224 e. The number of H-pyrrole nitrogens is 2. The predicted molar refractivity (Wildman–Crippen MR) is 141 cm³/mol. The highest BCUT2D eigenvalue weighted by molar-refractivity contribution is 5.99. The maximum Gasteiger partial charge on any atom is 0.224 e. The summed E-state index contributed by atoms with van der Waals surface area (Å²) < 4.78 is 14.1. The average molecular weight is 492 g/mol. The van der Waals surface area contributed by atoms with Gasteiger partial charge in [0.2, 0.25) is 5.91 Å². The third kappa shape index (κ3) is 4.20. The minimum atomic E-state index is -0.299. The van der Waals surface area contributed by atoms with E-state index in [4.69, 9.17) is 4.98 Å². The number of carbonyl (C=O) groups excluding carboxylic acids is 1. The number of amides is 1. The second-order valence-corrected chi connectivity index (χ2v) is 8.85. The largest absolute Gasteiger partial charge is 0.353 e. The number of carbonyl (C=O) groups is 1. The van der Waals surface area contributed by atoms with Crippen LogP contribution in [0.2, 0.25) is 0 Å². The normalized spacial score (nSPS) is 11.3. The Morgan fingerprint density at radius 1 is 1.00 bits per heavy atom. The number of halogens is 1. The molecule has 1 amide bonds. The van der Waals surface area contributed by atoms with Crippen molar-refractivity contribution in [2.75, 3.05) is 5.32 Å². The van der Waals surface area contributed by atoms with E-state index in [1.54, 1.807) is 25.5 Å². The summed E-state index contributed by atoms with van der Waals surface area (Å²) in [4.78, 5) is 28.9.